The third-order valence-electron chi connectivity index (χ3n) is 5.88. The Morgan fingerprint density at radius 1 is 1.13 bits per heavy atom. The number of halogens is 3. The van der Waals surface area contributed by atoms with E-state index in [0.717, 1.165) is 16.7 Å². The van der Waals surface area contributed by atoms with Crippen molar-refractivity contribution >= 4 is 11.7 Å². The summed E-state index contributed by atoms with van der Waals surface area (Å²) in [5.41, 5.74) is -0.606. The number of rotatable bonds is 9. The van der Waals surface area contributed by atoms with Gasteiger partial charge < -0.3 is 19.9 Å². The molecule has 0 saturated carbocycles. The van der Waals surface area contributed by atoms with E-state index < -0.39 is 53.5 Å². The van der Waals surface area contributed by atoms with Gasteiger partial charge in [0, 0.05) is 5.56 Å². The molecule has 2 heterocycles. The molecule has 0 saturated heterocycles. The summed E-state index contributed by atoms with van der Waals surface area (Å²) in [5.74, 6) is -2.72. The molecule has 0 unspecified atom stereocenters. The molecule has 0 fully saturated rings. The first-order chi connectivity index (χ1) is 18.4. The predicted molar refractivity (Wildman–Crippen MR) is 132 cm³/mol. The molecule has 13 heteroatoms. The first-order valence-electron chi connectivity index (χ1n) is 11.8. The van der Waals surface area contributed by atoms with Crippen LogP contribution in [-0.4, -0.2) is 42.5 Å². The number of benzene rings is 2. The second-order valence-corrected chi connectivity index (χ2v) is 9.12. The van der Waals surface area contributed by atoms with Crippen LogP contribution in [-0.2, 0) is 23.9 Å². The van der Waals surface area contributed by atoms with Gasteiger partial charge in [-0.15, -0.1) is 0 Å². The Morgan fingerprint density at radius 2 is 1.85 bits per heavy atom. The number of aromatic amines is 1. The van der Waals surface area contributed by atoms with E-state index >= 15 is 0 Å². The number of aromatic nitrogens is 4. The fourth-order valence-electron chi connectivity index (χ4n) is 3.91. The summed E-state index contributed by atoms with van der Waals surface area (Å²) < 4.78 is 44.8. The summed E-state index contributed by atoms with van der Waals surface area (Å²) in [6, 6.07) is 12.0. The van der Waals surface area contributed by atoms with Gasteiger partial charge in [0.25, 0.3) is 0 Å². The van der Waals surface area contributed by atoms with Gasteiger partial charge in [0.1, 0.15) is 12.2 Å². The van der Waals surface area contributed by atoms with Crippen LogP contribution in [0.25, 0.3) is 11.3 Å². The van der Waals surface area contributed by atoms with Gasteiger partial charge in [-0.3, -0.25) is 14.2 Å². The Balaban J connectivity index is 1.46. The summed E-state index contributed by atoms with van der Waals surface area (Å²) in [5, 5.41) is 16.7. The highest BCUT2D eigenvalue weighted by molar-refractivity contribution is 5.99. The molecule has 0 aliphatic carbocycles. The zero-order chi connectivity index (χ0) is 28.3. The van der Waals surface area contributed by atoms with Crippen molar-refractivity contribution in [3.8, 4) is 17.1 Å². The number of imidazole rings is 1. The van der Waals surface area contributed by atoms with Crippen molar-refractivity contribution in [1.29, 1.82) is 0 Å². The van der Waals surface area contributed by atoms with Gasteiger partial charge in [-0.2, -0.15) is 18.2 Å². The van der Waals surface area contributed by atoms with E-state index in [1.54, 1.807) is 44.2 Å². The van der Waals surface area contributed by atoms with E-state index in [2.05, 4.69) is 20.4 Å². The number of nitrogens with one attached hydrogen (secondary N) is 2. The molecule has 1 atom stereocenters. The van der Waals surface area contributed by atoms with Crippen LogP contribution in [0.2, 0.25) is 0 Å². The van der Waals surface area contributed by atoms with Crippen LogP contribution >= 0.6 is 0 Å². The van der Waals surface area contributed by atoms with Crippen LogP contribution in [0.15, 0.2) is 63.9 Å². The SMILES string of the molecule is CC(C)[C@H](NC(=O)Cn1c(O)c(-c2ccccc2)[nH]c1=O)C(=O)c1noc(Cc2cccc(C(F)(F)F)c2)n1. The van der Waals surface area contributed by atoms with Gasteiger partial charge in [0.15, 0.2) is 0 Å². The summed E-state index contributed by atoms with van der Waals surface area (Å²) in [4.78, 5) is 44.7. The first kappa shape index (κ1) is 27.4. The number of carbonyl (C=O) groups is 2. The fraction of sp³-hybridized carbons (Fsp3) is 0.269. The largest absolute Gasteiger partial charge is 0.493 e. The van der Waals surface area contributed by atoms with Gasteiger partial charge >= 0.3 is 11.9 Å². The molecule has 0 bridgehead atoms. The molecular weight excluding hydrogens is 519 g/mol. The third kappa shape index (κ3) is 6.25. The Bertz CT molecular complexity index is 1540. The predicted octanol–water partition coefficient (Wildman–Crippen LogP) is 3.57. The molecule has 39 heavy (non-hydrogen) atoms. The summed E-state index contributed by atoms with van der Waals surface area (Å²) in [6.07, 6.45) is -4.65. The van der Waals surface area contributed by atoms with E-state index in [0.29, 0.717) is 5.56 Å². The van der Waals surface area contributed by atoms with Gasteiger partial charge in [-0.25, -0.2) is 4.79 Å². The number of hydrogen-bond acceptors (Lipinski definition) is 7. The number of aromatic hydroxyl groups is 1. The second kappa shape index (κ2) is 11.0. The van der Waals surface area contributed by atoms with Gasteiger partial charge in [-0.05, 0) is 17.5 Å². The molecule has 2 aromatic carbocycles. The van der Waals surface area contributed by atoms with E-state index in [1.807, 2.05) is 0 Å². The molecule has 4 rings (SSSR count). The Hall–Kier alpha value is -4.68. The highest BCUT2D eigenvalue weighted by atomic mass is 19.4. The number of carbonyl (C=O) groups excluding carboxylic acids is 2. The fourth-order valence-corrected chi connectivity index (χ4v) is 3.91. The zero-order valence-electron chi connectivity index (χ0n) is 20.8. The quantitative estimate of drug-likeness (QED) is 0.274. The van der Waals surface area contributed by atoms with Crippen molar-refractivity contribution in [2.24, 2.45) is 5.92 Å². The van der Waals surface area contributed by atoms with Crippen molar-refractivity contribution in [3.05, 3.63) is 87.9 Å². The summed E-state index contributed by atoms with van der Waals surface area (Å²) >= 11 is 0. The number of hydrogen-bond donors (Lipinski definition) is 3. The van der Waals surface area contributed by atoms with Crippen molar-refractivity contribution in [1.82, 2.24) is 25.0 Å². The average molecular weight is 544 g/mol. The van der Waals surface area contributed by atoms with Crippen molar-refractivity contribution < 1.29 is 32.4 Å². The second-order valence-electron chi connectivity index (χ2n) is 9.12. The number of nitrogens with zero attached hydrogens (tertiary/aromatic N) is 3. The molecule has 1 amide bonds. The standard InChI is InChI=1S/C26H24F3N5O5/c1-14(2)20(30-18(35)13-34-24(37)21(32-25(34)38)16-8-4-3-5-9-16)22(36)23-31-19(39-33-23)12-15-7-6-10-17(11-15)26(27,28)29/h3-11,14,20,37H,12-13H2,1-2H3,(H,30,35)(H,32,38)/t20-/m0/s1. The molecule has 2 aromatic heterocycles. The lowest BCUT2D eigenvalue weighted by atomic mass is 9.99. The minimum absolute atomic E-state index is 0.0799. The lowest BCUT2D eigenvalue weighted by molar-refractivity contribution is -0.137. The smallest absolute Gasteiger partial charge is 0.416 e. The van der Waals surface area contributed by atoms with Gasteiger partial charge in [0.2, 0.25) is 29.3 Å². The van der Waals surface area contributed by atoms with Crippen LogP contribution in [0, 0.1) is 5.92 Å². The first-order valence-corrected chi connectivity index (χ1v) is 11.8. The Morgan fingerprint density at radius 3 is 2.51 bits per heavy atom. The number of alkyl halides is 3. The molecular formula is C26H24F3N5O5. The number of amides is 1. The summed E-state index contributed by atoms with van der Waals surface area (Å²) in [7, 11) is 0. The van der Waals surface area contributed by atoms with E-state index in [4.69, 9.17) is 4.52 Å². The maximum absolute atomic E-state index is 13.1. The minimum Gasteiger partial charge on any atom is -0.493 e. The minimum atomic E-state index is -4.51. The highest BCUT2D eigenvalue weighted by Crippen LogP contribution is 2.30. The molecule has 3 N–H and O–H groups in total. The van der Waals surface area contributed by atoms with Crippen molar-refractivity contribution in [2.45, 2.75) is 39.0 Å². The molecule has 0 radical (unpaired) electrons. The van der Waals surface area contributed by atoms with E-state index in [-0.39, 0.29) is 29.4 Å². The number of ketones is 1. The number of H-pyrrole nitrogens is 1. The van der Waals surface area contributed by atoms with Crippen LogP contribution in [0.3, 0.4) is 0 Å². The monoisotopic (exact) mass is 543 g/mol. The molecule has 0 aliphatic rings. The molecule has 0 spiro atoms. The Labute approximate surface area is 219 Å². The van der Waals surface area contributed by atoms with E-state index in [1.165, 1.54) is 12.1 Å². The third-order valence-corrected chi connectivity index (χ3v) is 5.88. The van der Waals surface area contributed by atoms with Gasteiger partial charge in [0.05, 0.1) is 18.0 Å². The summed E-state index contributed by atoms with van der Waals surface area (Å²) in [6.45, 7) is 2.76. The van der Waals surface area contributed by atoms with Crippen molar-refractivity contribution in [2.75, 3.05) is 0 Å². The average Bonchev–Trinajstić information content (AvgIpc) is 3.47. The Kier molecular flexibility index (Phi) is 7.70. The highest BCUT2D eigenvalue weighted by Gasteiger charge is 2.31. The van der Waals surface area contributed by atoms with E-state index in [9.17, 15) is 32.7 Å². The lowest BCUT2D eigenvalue weighted by Crippen LogP contribution is -2.46. The van der Waals surface area contributed by atoms with Gasteiger partial charge in [-0.1, -0.05) is 67.5 Å². The van der Waals surface area contributed by atoms with Crippen LogP contribution in [0.5, 0.6) is 5.88 Å². The molecule has 4 aromatic rings. The molecule has 10 nitrogen and oxygen atoms in total. The molecule has 0 aliphatic heterocycles. The van der Waals surface area contributed by atoms with Crippen LogP contribution in [0.1, 0.15) is 41.5 Å². The maximum atomic E-state index is 13.1. The topological polar surface area (TPSA) is 143 Å². The number of Topliss-reactive ketones (excluding diaryl/α,β-unsaturated/α-hetero) is 1. The maximum Gasteiger partial charge on any atom is 0.416 e. The van der Waals surface area contributed by atoms with Crippen LogP contribution in [0.4, 0.5) is 13.2 Å². The van der Waals surface area contributed by atoms with Crippen molar-refractivity contribution in [3.63, 3.8) is 0 Å². The zero-order valence-corrected chi connectivity index (χ0v) is 20.8. The normalized spacial score (nSPS) is 12.5. The lowest BCUT2D eigenvalue weighted by Gasteiger charge is -2.19. The van der Waals surface area contributed by atoms with Crippen LogP contribution < -0.4 is 11.0 Å². The molecule has 204 valence electrons.